The quantitative estimate of drug-likeness (QED) is 0.832. The van der Waals surface area contributed by atoms with Crippen molar-refractivity contribution < 1.29 is 13.9 Å². The number of carbonyl (C=O) groups excluding carboxylic acids is 1. The largest absolute Gasteiger partial charge is 0.481 e. The molecule has 1 aromatic carbocycles. The Morgan fingerprint density at radius 3 is 2.75 bits per heavy atom. The van der Waals surface area contributed by atoms with Crippen LogP contribution in [0.5, 0.6) is 5.75 Å². The van der Waals surface area contributed by atoms with Crippen LogP contribution in [0.3, 0.4) is 0 Å². The summed E-state index contributed by atoms with van der Waals surface area (Å²) in [4.78, 5) is 13.8. The summed E-state index contributed by atoms with van der Waals surface area (Å²) in [6.45, 7) is -0.119. The summed E-state index contributed by atoms with van der Waals surface area (Å²) in [5.74, 6) is -0.453. The van der Waals surface area contributed by atoms with Gasteiger partial charge >= 0.3 is 0 Å². The van der Waals surface area contributed by atoms with Crippen molar-refractivity contribution in [2.24, 2.45) is 0 Å². The lowest BCUT2D eigenvalue weighted by Crippen LogP contribution is -2.40. The molecule has 1 fully saturated rings. The summed E-state index contributed by atoms with van der Waals surface area (Å²) in [6, 6.07) is 4.83. The second-order valence-corrected chi connectivity index (χ2v) is 6.08. The maximum absolute atomic E-state index is 13.6. The van der Waals surface area contributed by atoms with Crippen LogP contribution < -0.4 is 4.74 Å². The Labute approximate surface area is 127 Å². The zero-order chi connectivity index (χ0) is 14.5. The molecule has 0 N–H and O–H groups in total. The van der Waals surface area contributed by atoms with Gasteiger partial charge in [-0.05, 0) is 31.0 Å². The highest BCUT2D eigenvalue weighted by Gasteiger charge is 2.22. The normalized spacial score (nSPS) is 15.9. The Morgan fingerprint density at radius 2 is 2.10 bits per heavy atom. The molecule has 0 spiro atoms. The Hall–Kier alpha value is -1.10. The fraction of sp³-hybridized carbons (Fsp3) is 0.533. The third-order valence-corrected chi connectivity index (χ3v) is 4.25. The van der Waals surface area contributed by atoms with Gasteiger partial charge in [0.15, 0.2) is 18.2 Å². The molecule has 1 aliphatic rings. The zero-order valence-corrected chi connectivity index (χ0v) is 13.2. The van der Waals surface area contributed by atoms with Crippen LogP contribution in [-0.4, -0.2) is 30.5 Å². The van der Waals surface area contributed by atoms with Crippen molar-refractivity contribution in [3.8, 4) is 5.75 Å². The molecule has 20 heavy (non-hydrogen) atoms. The second kappa shape index (κ2) is 7.07. The third-order valence-electron chi connectivity index (χ3n) is 3.76. The van der Waals surface area contributed by atoms with Gasteiger partial charge in [0.2, 0.25) is 0 Å². The molecule has 0 aromatic heterocycles. The standard InChI is InChI=1S/C15H19BrFNO2/c1-18(12-5-3-2-4-6-12)15(19)10-20-14-8-7-11(16)9-13(14)17/h7-9,12H,2-6,10H2,1H3. The summed E-state index contributed by atoms with van der Waals surface area (Å²) >= 11 is 3.18. The minimum atomic E-state index is -0.465. The number of likely N-dealkylation sites (N-methyl/N-ethyl adjacent to an activating group) is 1. The first-order chi connectivity index (χ1) is 9.58. The van der Waals surface area contributed by atoms with Gasteiger partial charge in [-0.25, -0.2) is 4.39 Å². The summed E-state index contributed by atoms with van der Waals surface area (Å²) < 4.78 is 19.5. The Morgan fingerprint density at radius 1 is 1.40 bits per heavy atom. The molecule has 1 amide bonds. The lowest BCUT2D eigenvalue weighted by molar-refractivity contribution is -0.134. The summed E-state index contributed by atoms with van der Waals surface area (Å²) in [5.41, 5.74) is 0. The van der Waals surface area contributed by atoms with Gasteiger partial charge < -0.3 is 9.64 Å². The smallest absolute Gasteiger partial charge is 0.260 e. The highest BCUT2D eigenvalue weighted by atomic mass is 79.9. The number of halogens is 2. The van der Waals surface area contributed by atoms with Gasteiger partial charge in [0, 0.05) is 17.6 Å². The molecular formula is C15H19BrFNO2. The van der Waals surface area contributed by atoms with Gasteiger partial charge in [-0.3, -0.25) is 4.79 Å². The number of ether oxygens (including phenoxy) is 1. The van der Waals surface area contributed by atoms with Gasteiger partial charge in [0.05, 0.1) is 0 Å². The first-order valence-electron chi connectivity index (χ1n) is 6.91. The van der Waals surface area contributed by atoms with Gasteiger partial charge in [0.25, 0.3) is 5.91 Å². The molecule has 0 aliphatic heterocycles. The molecule has 1 aromatic rings. The molecule has 5 heteroatoms. The van der Waals surface area contributed by atoms with Gasteiger partial charge in [-0.15, -0.1) is 0 Å². The third kappa shape index (κ3) is 3.95. The maximum Gasteiger partial charge on any atom is 0.260 e. The molecular weight excluding hydrogens is 325 g/mol. The number of hydrogen-bond acceptors (Lipinski definition) is 2. The molecule has 110 valence electrons. The van der Waals surface area contributed by atoms with Crippen molar-refractivity contribution in [2.75, 3.05) is 13.7 Å². The SMILES string of the molecule is CN(C(=O)COc1ccc(Br)cc1F)C1CCCCC1. The predicted molar refractivity (Wildman–Crippen MR) is 79.2 cm³/mol. The van der Waals surface area contributed by atoms with Crippen molar-refractivity contribution in [2.45, 2.75) is 38.1 Å². The van der Waals surface area contributed by atoms with Crippen LogP contribution in [0.15, 0.2) is 22.7 Å². The van der Waals surface area contributed by atoms with Crippen molar-refractivity contribution in [3.63, 3.8) is 0 Å². The average molecular weight is 344 g/mol. The van der Waals surface area contributed by atoms with Crippen LogP contribution in [0.25, 0.3) is 0 Å². The van der Waals surface area contributed by atoms with Crippen LogP contribution in [-0.2, 0) is 4.79 Å². The summed E-state index contributed by atoms with van der Waals surface area (Å²) in [7, 11) is 1.81. The fourth-order valence-corrected chi connectivity index (χ4v) is 2.84. The predicted octanol–water partition coefficient (Wildman–Crippen LogP) is 3.76. The van der Waals surface area contributed by atoms with Crippen LogP contribution in [0, 0.1) is 5.82 Å². The molecule has 0 radical (unpaired) electrons. The van der Waals surface area contributed by atoms with Crippen molar-refractivity contribution >= 4 is 21.8 Å². The summed E-state index contributed by atoms with van der Waals surface area (Å²) in [5, 5.41) is 0. The minimum Gasteiger partial charge on any atom is -0.481 e. The van der Waals surface area contributed by atoms with Crippen LogP contribution in [0.2, 0.25) is 0 Å². The van der Waals surface area contributed by atoms with Crippen molar-refractivity contribution in [1.29, 1.82) is 0 Å². The number of amides is 1. The lowest BCUT2D eigenvalue weighted by atomic mass is 9.94. The van der Waals surface area contributed by atoms with Gasteiger partial charge in [-0.2, -0.15) is 0 Å². The zero-order valence-electron chi connectivity index (χ0n) is 11.6. The number of hydrogen-bond donors (Lipinski definition) is 0. The van der Waals surface area contributed by atoms with E-state index in [4.69, 9.17) is 4.74 Å². The van der Waals surface area contributed by atoms with E-state index in [2.05, 4.69) is 15.9 Å². The van der Waals surface area contributed by atoms with Gasteiger partial charge in [-0.1, -0.05) is 35.2 Å². The monoisotopic (exact) mass is 343 g/mol. The molecule has 1 aliphatic carbocycles. The van der Waals surface area contributed by atoms with E-state index in [1.807, 2.05) is 0 Å². The first-order valence-corrected chi connectivity index (χ1v) is 7.70. The van der Waals surface area contributed by atoms with Crippen LogP contribution >= 0.6 is 15.9 Å². The van der Waals surface area contributed by atoms with E-state index in [1.54, 1.807) is 18.0 Å². The van der Waals surface area contributed by atoms with Crippen LogP contribution in [0.1, 0.15) is 32.1 Å². The highest BCUT2D eigenvalue weighted by Crippen LogP contribution is 2.23. The molecule has 0 bridgehead atoms. The molecule has 0 unspecified atom stereocenters. The van der Waals surface area contributed by atoms with E-state index in [-0.39, 0.29) is 18.3 Å². The molecule has 0 heterocycles. The Bertz CT molecular complexity index is 475. The second-order valence-electron chi connectivity index (χ2n) is 5.16. The van der Waals surface area contributed by atoms with E-state index in [0.717, 1.165) is 12.8 Å². The van der Waals surface area contributed by atoms with Crippen molar-refractivity contribution in [3.05, 3.63) is 28.5 Å². The topological polar surface area (TPSA) is 29.5 Å². The number of nitrogens with zero attached hydrogens (tertiary/aromatic N) is 1. The van der Waals surface area contributed by atoms with E-state index >= 15 is 0 Å². The molecule has 2 rings (SSSR count). The maximum atomic E-state index is 13.6. The number of rotatable bonds is 4. The molecule has 0 saturated heterocycles. The van der Waals surface area contributed by atoms with E-state index in [1.165, 1.54) is 31.4 Å². The van der Waals surface area contributed by atoms with E-state index < -0.39 is 5.82 Å². The molecule has 1 saturated carbocycles. The minimum absolute atomic E-state index is 0.0979. The van der Waals surface area contributed by atoms with E-state index in [0.29, 0.717) is 10.5 Å². The molecule has 0 atom stereocenters. The van der Waals surface area contributed by atoms with Crippen molar-refractivity contribution in [1.82, 2.24) is 4.90 Å². The average Bonchev–Trinajstić information content (AvgIpc) is 2.46. The van der Waals surface area contributed by atoms with E-state index in [9.17, 15) is 9.18 Å². The Balaban J connectivity index is 1.87. The fourth-order valence-electron chi connectivity index (χ4n) is 2.51. The van der Waals surface area contributed by atoms with Gasteiger partial charge in [0.1, 0.15) is 0 Å². The Kier molecular flexibility index (Phi) is 5.40. The lowest BCUT2D eigenvalue weighted by Gasteiger charge is -2.31. The number of carbonyl (C=O) groups is 1. The highest BCUT2D eigenvalue weighted by molar-refractivity contribution is 9.10. The number of benzene rings is 1. The summed E-state index contributed by atoms with van der Waals surface area (Å²) in [6.07, 6.45) is 5.69. The first kappa shape index (κ1) is 15.3. The molecule has 3 nitrogen and oxygen atoms in total. The van der Waals surface area contributed by atoms with Crippen LogP contribution in [0.4, 0.5) is 4.39 Å².